The fraction of sp³-hybridized carbons (Fsp3) is 0.438. The number of nitrogens with zero attached hydrogens (tertiary/aromatic N) is 3. The maximum absolute atomic E-state index is 11.7. The van der Waals surface area contributed by atoms with Crippen LogP contribution >= 0.6 is 0 Å². The third-order valence-electron chi connectivity index (χ3n) is 3.89. The van der Waals surface area contributed by atoms with E-state index in [0.29, 0.717) is 19.6 Å². The van der Waals surface area contributed by atoms with E-state index in [2.05, 4.69) is 25.2 Å². The summed E-state index contributed by atoms with van der Waals surface area (Å²) in [6, 6.07) is 7.28. The summed E-state index contributed by atoms with van der Waals surface area (Å²) in [7, 11) is 0. The molecule has 0 aliphatic carbocycles. The van der Waals surface area contributed by atoms with E-state index >= 15 is 0 Å². The molecular weight excluding hydrogens is 312 g/mol. The lowest BCUT2D eigenvalue weighted by atomic mass is 10.1. The lowest BCUT2D eigenvalue weighted by Gasteiger charge is -2.33. The smallest absolute Gasteiger partial charge is 0.275 e. The van der Waals surface area contributed by atoms with Crippen LogP contribution < -0.4 is 5.32 Å². The number of nitrogens with one attached hydrogen (secondary N) is 1. The topological polar surface area (TPSA) is 101 Å². The van der Waals surface area contributed by atoms with Crippen molar-refractivity contribution in [1.82, 2.24) is 20.5 Å². The van der Waals surface area contributed by atoms with Gasteiger partial charge in [-0.15, -0.1) is 0 Å². The summed E-state index contributed by atoms with van der Waals surface area (Å²) in [6.45, 7) is 3.56. The van der Waals surface area contributed by atoms with Gasteiger partial charge in [0.15, 0.2) is 5.69 Å². The van der Waals surface area contributed by atoms with Crippen molar-refractivity contribution >= 4 is 5.91 Å². The van der Waals surface area contributed by atoms with E-state index in [4.69, 9.17) is 4.74 Å². The monoisotopic (exact) mass is 332 g/mol. The van der Waals surface area contributed by atoms with Crippen LogP contribution in [0.2, 0.25) is 0 Å². The first-order chi connectivity index (χ1) is 11.7. The minimum Gasteiger partial charge on any atom is -0.508 e. The van der Waals surface area contributed by atoms with Gasteiger partial charge in [-0.05, 0) is 29.3 Å². The molecule has 0 bridgehead atoms. The van der Waals surface area contributed by atoms with Gasteiger partial charge in [0.2, 0.25) is 0 Å². The average Bonchev–Trinajstić information content (AvgIpc) is 3.10. The fourth-order valence-corrected chi connectivity index (χ4v) is 2.71. The van der Waals surface area contributed by atoms with E-state index in [1.54, 1.807) is 12.1 Å². The van der Waals surface area contributed by atoms with Crippen LogP contribution in [0.5, 0.6) is 5.75 Å². The number of rotatable bonds is 6. The molecular formula is C16H20N4O4. The SMILES string of the molecule is O=C(NCCC1CN(Cc2cccc(O)c2)CCO1)c1cnon1. The number of hydrogen-bond donors (Lipinski definition) is 2. The Kier molecular flexibility index (Phi) is 5.39. The number of phenolic OH excluding ortho intramolecular Hbond substituents is 1. The van der Waals surface area contributed by atoms with Crippen molar-refractivity contribution in [1.29, 1.82) is 0 Å². The molecule has 1 aliphatic rings. The molecule has 128 valence electrons. The van der Waals surface area contributed by atoms with Crippen molar-refractivity contribution < 1.29 is 19.3 Å². The molecule has 2 aromatic rings. The number of aromatic nitrogens is 2. The van der Waals surface area contributed by atoms with Gasteiger partial charge in [0.1, 0.15) is 11.9 Å². The van der Waals surface area contributed by atoms with E-state index in [-0.39, 0.29) is 23.5 Å². The summed E-state index contributed by atoms with van der Waals surface area (Å²) >= 11 is 0. The Balaban J connectivity index is 1.43. The van der Waals surface area contributed by atoms with Crippen LogP contribution in [0.3, 0.4) is 0 Å². The number of amides is 1. The summed E-state index contributed by atoms with van der Waals surface area (Å²) in [5.41, 5.74) is 1.24. The zero-order chi connectivity index (χ0) is 16.8. The molecule has 1 fully saturated rings. The van der Waals surface area contributed by atoms with Gasteiger partial charge in [-0.25, -0.2) is 4.63 Å². The van der Waals surface area contributed by atoms with Crippen molar-refractivity contribution in [3.05, 3.63) is 41.7 Å². The molecule has 0 saturated carbocycles. The Morgan fingerprint density at radius 3 is 3.17 bits per heavy atom. The summed E-state index contributed by atoms with van der Waals surface area (Å²) in [6.07, 6.45) is 2.06. The summed E-state index contributed by atoms with van der Waals surface area (Å²) in [5, 5.41) is 19.2. The number of hydrogen-bond acceptors (Lipinski definition) is 7. The molecule has 0 spiro atoms. The van der Waals surface area contributed by atoms with Crippen LogP contribution in [0.25, 0.3) is 0 Å². The van der Waals surface area contributed by atoms with Gasteiger partial charge < -0.3 is 15.2 Å². The molecule has 3 rings (SSSR count). The third kappa shape index (κ3) is 4.53. The highest BCUT2D eigenvalue weighted by Crippen LogP contribution is 2.16. The Hall–Kier alpha value is -2.45. The number of aromatic hydroxyl groups is 1. The second-order valence-corrected chi connectivity index (χ2v) is 5.74. The van der Waals surface area contributed by atoms with Crippen molar-refractivity contribution in [2.45, 2.75) is 19.1 Å². The normalized spacial score (nSPS) is 18.4. The van der Waals surface area contributed by atoms with Gasteiger partial charge in [-0.1, -0.05) is 17.3 Å². The van der Waals surface area contributed by atoms with Gasteiger partial charge in [0.05, 0.1) is 12.7 Å². The van der Waals surface area contributed by atoms with Gasteiger partial charge in [-0.3, -0.25) is 9.69 Å². The number of benzene rings is 1. The van der Waals surface area contributed by atoms with Crippen LogP contribution in [0.4, 0.5) is 0 Å². The molecule has 1 aromatic carbocycles. The zero-order valence-corrected chi connectivity index (χ0v) is 13.2. The second kappa shape index (κ2) is 7.89. The quantitative estimate of drug-likeness (QED) is 0.807. The number of ether oxygens (including phenoxy) is 1. The first kappa shape index (κ1) is 16.4. The first-order valence-electron chi connectivity index (χ1n) is 7.88. The molecule has 2 heterocycles. The molecule has 1 aromatic heterocycles. The fourth-order valence-electron chi connectivity index (χ4n) is 2.71. The van der Waals surface area contributed by atoms with E-state index in [0.717, 1.165) is 25.2 Å². The van der Waals surface area contributed by atoms with Crippen molar-refractivity contribution in [3.8, 4) is 5.75 Å². The van der Waals surface area contributed by atoms with E-state index in [9.17, 15) is 9.90 Å². The highest BCUT2D eigenvalue weighted by Gasteiger charge is 2.21. The highest BCUT2D eigenvalue weighted by molar-refractivity contribution is 5.91. The second-order valence-electron chi connectivity index (χ2n) is 5.74. The first-order valence-corrected chi connectivity index (χ1v) is 7.88. The van der Waals surface area contributed by atoms with Crippen LogP contribution in [0.15, 0.2) is 35.1 Å². The minimum absolute atomic E-state index is 0.0618. The number of carbonyl (C=O) groups excluding carboxylic acids is 1. The number of phenols is 1. The Morgan fingerprint density at radius 1 is 1.46 bits per heavy atom. The predicted molar refractivity (Wildman–Crippen MR) is 84.4 cm³/mol. The average molecular weight is 332 g/mol. The molecule has 0 radical (unpaired) electrons. The largest absolute Gasteiger partial charge is 0.508 e. The van der Waals surface area contributed by atoms with Crippen molar-refractivity contribution in [3.63, 3.8) is 0 Å². The molecule has 8 heteroatoms. The minimum atomic E-state index is -0.302. The van der Waals surface area contributed by atoms with E-state index in [1.807, 2.05) is 12.1 Å². The van der Waals surface area contributed by atoms with Gasteiger partial charge in [-0.2, -0.15) is 0 Å². The lowest BCUT2D eigenvalue weighted by Crippen LogP contribution is -2.43. The molecule has 1 amide bonds. The zero-order valence-electron chi connectivity index (χ0n) is 13.2. The Bertz CT molecular complexity index is 662. The van der Waals surface area contributed by atoms with Crippen molar-refractivity contribution in [2.75, 3.05) is 26.2 Å². The molecule has 1 aliphatic heterocycles. The Labute approximate surface area is 139 Å². The van der Waals surface area contributed by atoms with Gasteiger partial charge >= 0.3 is 0 Å². The maximum Gasteiger partial charge on any atom is 0.275 e. The van der Waals surface area contributed by atoms with Gasteiger partial charge in [0.25, 0.3) is 5.91 Å². The molecule has 24 heavy (non-hydrogen) atoms. The molecule has 8 nitrogen and oxygen atoms in total. The van der Waals surface area contributed by atoms with E-state index < -0.39 is 0 Å². The summed E-state index contributed by atoms with van der Waals surface area (Å²) in [4.78, 5) is 14.0. The third-order valence-corrected chi connectivity index (χ3v) is 3.89. The van der Waals surface area contributed by atoms with Crippen molar-refractivity contribution in [2.24, 2.45) is 0 Å². The molecule has 1 atom stereocenters. The van der Waals surface area contributed by atoms with Crippen LogP contribution in [-0.4, -0.2) is 58.6 Å². The number of carbonyl (C=O) groups is 1. The standard InChI is InChI=1S/C16H20N4O4/c21-13-3-1-2-12(8-13)10-20-6-7-23-14(11-20)4-5-17-16(22)15-9-18-24-19-15/h1-3,8-9,14,21H,4-7,10-11H2,(H,17,22). The van der Waals surface area contributed by atoms with E-state index in [1.165, 1.54) is 6.20 Å². The molecule has 1 saturated heterocycles. The number of morpholine rings is 1. The van der Waals surface area contributed by atoms with Crippen LogP contribution in [-0.2, 0) is 11.3 Å². The lowest BCUT2D eigenvalue weighted by molar-refractivity contribution is -0.0342. The molecule has 1 unspecified atom stereocenters. The van der Waals surface area contributed by atoms with Gasteiger partial charge in [0, 0.05) is 26.2 Å². The summed E-state index contributed by atoms with van der Waals surface area (Å²) < 4.78 is 10.2. The predicted octanol–water partition coefficient (Wildman–Crippen LogP) is 0.796. The maximum atomic E-state index is 11.7. The van der Waals surface area contributed by atoms with Crippen LogP contribution in [0, 0.1) is 0 Å². The van der Waals surface area contributed by atoms with Crippen LogP contribution in [0.1, 0.15) is 22.5 Å². The molecule has 2 N–H and O–H groups in total. The highest BCUT2D eigenvalue weighted by atomic mass is 16.6. The Morgan fingerprint density at radius 2 is 2.38 bits per heavy atom. The summed E-state index contributed by atoms with van der Waals surface area (Å²) in [5.74, 6) is -0.0222.